The van der Waals surface area contributed by atoms with E-state index in [0.29, 0.717) is 30.1 Å². The number of hydrogen-bond donors (Lipinski definition) is 14. The molecule has 0 spiro atoms. The number of nitrogens with two attached hydrogens (primary N) is 3. The average molecular weight is 2020 g/mol. The van der Waals surface area contributed by atoms with Crippen molar-refractivity contribution in [2.75, 3.05) is 70.6 Å². The Labute approximate surface area is 814 Å². The molecular formula is C92H111FN14O27S5. The monoisotopic (exact) mass is 2020 g/mol. The highest BCUT2D eigenvalue weighted by Crippen LogP contribution is 2.31. The number of sulfonamides is 2. The first-order valence-corrected chi connectivity index (χ1v) is 48.1. The first-order valence-electron chi connectivity index (χ1n) is 42.0. The number of carbonyl (C=O) groups excluding carboxylic acids is 11. The van der Waals surface area contributed by atoms with E-state index in [1.54, 1.807) is 56.7 Å². The van der Waals surface area contributed by atoms with Crippen molar-refractivity contribution in [1.29, 1.82) is 0 Å². The molecule has 17 N–H and O–H groups in total. The van der Waals surface area contributed by atoms with Crippen LogP contribution in [0.1, 0.15) is 67.7 Å². The van der Waals surface area contributed by atoms with E-state index in [9.17, 15) is 94.2 Å². The summed E-state index contributed by atoms with van der Waals surface area (Å²) in [7, 11) is -1.92. The number of nitrogens with one attached hydrogen (secondary N) is 9. The van der Waals surface area contributed by atoms with Crippen LogP contribution in [-0.2, 0) is 108 Å². The van der Waals surface area contributed by atoms with Gasteiger partial charge < -0.3 is 92.2 Å². The van der Waals surface area contributed by atoms with E-state index in [2.05, 4.69) is 52.6 Å². The van der Waals surface area contributed by atoms with Crippen molar-refractivity contribution in [3.8, 4) is 0 Å². The summed E-state index contributed by atoms with van der Waals surface area (Å²) < 4.78 is 86.3. The normalized spacial score (nSPS) is 13.3. The molecule has 0 bridgehead atoms. The van der Waals surface area contributed by atoms with Crippen LogP contribution in [0.2, 0.25) is 0 Å². The van der Waals surface area contributed by atoms with Gasteiger partial charge in [-0.2, -0.15) is 4.39 Å². The molecule has 2 aliphatic rings. The first-order chi connectivity index (χ1) is 66.4. The lowest BCUT2D eigenvalue weighted by molar-refractivity contribution is -0.387. The van der Waals surface area contributed by atoms with E-state index < -0.39 is 106 Å². The zero-order valence-corrected chi connectivity index (χ0v) is 80.2. The van der Waals surface area contributed by atoms with Gasteiger partial charge in [0.05, 0.1) is 57.2 Å². The molecule has 0 aromatic heterocycles. The molecular weight excluding hydrogens is 1910 g/mol. The van der Waals surface area contributed by atoms with Crippen LogP contribution in [0.5, 0.6) is 0 Å². The second-order valence-electron chi connectivity index (χ2n) is 28.7. The van der Waals surface area contributed by atoms with Gasteiger partial charge in [-0.05, 0) is 89.8 Å². The number of anilines is 1. The summed E-state index contributed by atoms with van der Waals surface area (Å²) in [6.07, 6.45) is -1.73. The van der Waals surface area contributed by atoms with Crippen LogP contribution in [0.4, 0.5) is 40.6 Å². The number of primary sulfonamides is 2. The minimum Gasteiger partial charge on any atom is -0.463 e. The molecule has 41 nitrogen and oxygen atoms in total. The number of nitro groups is 2. The van der Waals surface area contributed by atoms with Crippen LogP contribution in [-0.4, -0.2) is 204 Å². The number of nitro benzene ring substituents is 2. The molecule has 8 amide bonds. The lowest BCUT2D eigenvalue weighted by Gasteiger charge is -2.19. The van der Waals surface area contributed by atoms with Crippen LogP contribution in [0, 0.1) is 26.0 Å². The molecule has 0 saturated carbocycles. The van der Waals surface area contributed by atoms with Gasteiger partial charge >= 0.3 is 48.0 Å². The maximum absolute atomic E-state index is 12.7. The van der Waals surface area contributed by atoms with Gasteiger partial charge in [-0.15, -0.1) is 35.3 Å². The Balaban J connectivity index is 0.000000341. The van der Waals surface area contributed by atoms with Gasteiger partial charge in [0, 0.05) is 117 Å². The van der Waals surface area contributed by atoms with Gasteiger partial charge in [0.25, 0.3) is 5.69 Å². The molecule has 0 radical (unpaired) electrons. The molecule has 6 atom stereocenters. The Bertz CT molecular complexity index is 5590. The van der Waals surface area contributed by atoms with Crippen LogP contribution >= 0.6 is 35.3 Å². The number of amides is 8. The molecule has 47 heteroatoms. The molecule has 2 heterocycles. The van der Waals surface area contributed by atoms with Crippen molar-refractivity contribution in [3.05, 3.63) is 297 Å². The highest BCUT2D eigenvalue weighted by molar-refractivity contribution is 7.99. The predicted molar refractivity (Wildman–Crippen MR) is 516 cm³/mol. The number of benzene rings is 9. The number of aliphatic hydroxyl groups is 2. The summed E-state index contributed by atoms with van der Waals surface area (Å²) in [5.74, 6) is -1.61. The molecule has 0 unspecified atom stereocenters. The third-order valence-electron chi connectivity index (χ3n) is 17.8. The van der Waals surface area contributed by atoms with Gasteiger partial charge in [0.2, 0.25) is 49.5 Å². The summed E-state index contributed by atoms with van der Waals surface area (Å²) in [5.41, 5.74) is 8.11. The molecule has 0 aliphatic carbocycles. The minimum absolute atomic E-state index is 0.00355. The van der Waals surface area contributed by atoms with Crippen molar-refractivity contribution in [3.63, 3.8) is 0 Å². The highest BCUT2D eigenvalue weighted by atomic mass is 32.2. The van der Waals surface area contributed by atoms with Crippen molar-refractivity contribution < 1.29 is 122 Å². The largest absolute Gasteiger partial charge is 0.463 e. The van der Waals surface area contributed by atoms with E-state index >= 15 is 0 Å². The third kappa shape index (κ3) is 51.0. The molecule has 139 heavy (non-hydrogen) atoms. The summed E-state index contributed by atoms with van der Waals surface area (Å²) in [6, 6.07) is 69.4. The molecule has 2 fully saturated rings. The smallest absolute Gasteiger partial charge is 0.408 e. The van der Waals surface area contributed by atoms with Crippen LogP contribution in [0.15, 0.2) is 273 Å². The second-order valence-corrected chi connectivity index (χ2v) is 35.1. The Morgan fingerprint density at radius 3 is 1.16 bits per heavy atom. The second kappa shape index (κ2) is 65.5. The van der Waals surface area contributed by atoms with Gasteiger partial charge in [-0.25, -0.2) is 51.1 Å². The van der Waals surface area contributed by atoms with Crippen LogP contribution in [0.3, 0.4) is 0 Å². The Morgan fingerprint density at radius 2 is 0.799 bits per heavy atom. The van der Waals surface area contributed by atoms with Crippen LogP contribution in [0.25, 0.3) is 0 Å². The highest BCUT2D eigenvalue weighted by Gasteiger charge is 2.35. The average Bonchev–Trinajstić information content (AvgIpc) is 1.14. The molecule has 748 valence electrons. The first kappa shape index (κ1) is 117. The van der Waals surface area contributed by atoms with Crippen LogP contribution < -0.4 is 63.9 Å². The number of cyclic esters (lactones) is 3. The summed E-state index contributed by atoms with van der Waals surface area (Å²) in [5, 5.41) is 71.1. The molecule has 2 aliphatic heterocycles. The Kier molecular flexibility index (Phi) is 55.2. The number of ether oxygens (including phenoxy) is 6. The number of thioether (sulfide) groups is 3. The van der Waals surface area contributed by atoms with Gasteiger partial charge in [0.15, 0.2) is 0 Å². The number of aliphatic hydroxyl groups excluding tert-OH is 2. The van der Waals surface area contributed by atoms with Gasteiger partial charge in [0.1, 0.15) is 44.8 Å². The third-order valence-corrected chi connectivity index (χ3v) is 23.2. The van der Waals surface area contributed by atoms with Crippen molar-refractivity contribution in [1.82, 2.24) is 42.5 Å². The number of halogens is 1. The molecule has 11 rings (SSSR count). The zero-order valence-electron chi connectivity index (χ0n) is 76.1. The minimum atomic E-state index is -4.07. The molecule has 9 aromatic rings. The van der Waals surface area contributed by atoms with Gasteiger partial charge in [-0.3, -0.25) is 49.0 Å². The number of hydrogen-bond acceptors (Lipinski definition) is 32. The van der Waals surface area contributed by atoms with E-state index in [1.165, 1.54) is 42.9 Å². The SMILES string of the molecule is CCO.CNC(=O)C[C@@H](N)CSc1ccccc1.CNC(=O)C[C@H](CO)NC(=O)OCc1ccccc1.CNC(=O)C[C@H](CSc1ccccc1)NC(=O)OCc1ccccc1.CNC(=O)C[C@H](CSc1ccccc1)Nc1ccc(S(N)(=O)=O)cc1[N+](=O)[O-].NS(=O)(=O)c1ccc(F)c([N+](=O)[O-])c1.O=C1C[C@@H](NC(=O)OCc2ccccc2)C(=O)O1.O=C1C[C@@H](NC(=O)OCc2ccccc2)CO1. The van der Waals surface area contributed by atoms with Crippen molar-refractivity contribution in [2.45, 2.75) is 133 Å². The topological polar surface area (TPSA) is 624 Å². The van der Waals surface area contributed by atoms with Crippen molar-refractivity contribution >= 4 is 138 Å². The maximum Gasteiger partial charge on any atom is 0.408 e. The summed E-state index contributed by atoms with van der Waals surface area (Å²) in [6.45, 7) is 2.49. The fraction of sp³-hybridized carbons (Fsp3) is 0.293. The van der Waals surface area contributed by atoms with Crippen molar-refractivity contribution in [2.24, 2.45) is 16.0 Å². The van der Waals surface area contributed by atoms with E-state index in [0.717, 1.165) is 49.9 Å². The Hall–Kier alpha value is -14.2. The predicted octanol–water partition coefficient (Wildman–Crippen LogP) is 9.18. The Morgan fingerprint density at radius 1 is 0.460 bits per heavy atom. The lowest BCUT2D eigenvalue weighted by atomic mass is 10.2. The number of alkyl carbamates (subject to hydrolysis) is 4. The summed E-state index contributed by atoms with van der Waals surface area (Å²) >= 11 is 4.76. The number of carbonyl (C=O) groups is 11. The fourth-order valence-electron chi connectivity index (χ4n) is 10.9. The number of esters is 3. The molecule has 2 saturated heterocycles. The maximum atomic E-state index is 12.7. The number of nitrogens with zero attached hydrogens (tertiary/aromatic N) is 2. The summed E-state index contributed by atoms with van der Waals surface area (Å²) in [4.78, 5) is 147. The lowest BCUT2D eigenvalue weighted by Crippen LogP contribution is -2.41. The standard InChI is InChI=1S/C19H22N2O3S.C17H20N4O5S2.C13H18N2O4.C12H11NO5.C12H13NO4.C11H16N2OS.C6H5FN2O4S.C2H6O/c1-20-18(22)12-16(14-25-17-10-6-3-7-11-17)21-19(23)24-13-15-8-4-2-5-9-15;1-19-17(22)9-12(11-27-13-5-3-2-4-6-13)20-15-8-7-14(28(18,25)26)10-16(15)21(23)24;1-14-12(17)7-11(8-16)15-13(18)19-9-10-5-3-2-4-6-10;14-10-6-9(11(15)18-10)13-12(16)17-7-8-4-2-1-3-5-8;14-11-6-10(8-16-11)13-12(15)17-7-9-4-2-1-3-5-9;1-13-11(14)7-9(12)8-15-10-5-3-2-4-6-10;7-5-2-1-4(14(8,12)13)3-6(5)9(10)11;1-2-3/h2-11,16H,12-14H2,1H3,(H,20,22)(H,21,23);2-8,10,12,20H,9,11H2,1H3,(H,19,22)(H2,18,25,26);2-6,11,16H,7-9H2,1H3,(H,14,17)(H,15,18);1-5,9H,6-7H2,(H,13,16);1-5,10H,6-8H2,(H,13,15);2-6,9H,7-8,12H2,1H3,(H,13,14);1-3H,(H2,8,12,13);3H,2H2,1H3/t16-;12-;11-;9-;10-;9-;;/m111111../s1. The van der Waals surface area contributed by atoms with E-state index in [-0.39, 0.29) is 137 Å². The van der Waals surface area contributed by atoms with E-state index in [1.807, 2.05) is 200 Å². The number of rotatable bonds is 36. The van der Waals surface area contributed by atoms with Gasteiger partial charge in [-0.1, -0.05) is 176 Å². The molecule has 9 aromatic carbocycles. The zero-order chi connectivity index (χ0) is 103. The quantitative estimate of drug-likeness (QED) is 0.00434. The van der Waals surface area contributed by atoms with E-state index in [4.69, 9.17) is 49.9 Å². The fourth-order valence-corrected chi connectivity index (χ4v) is 14.7.